The summed E-state index contributed by atoms with van der Waals surface area (Å²) in [5, 5.41) is 5.50. The third-order valence-electron chi connectivity index (χ3n) is 3.76. The molecule has 3 rings (SSSR count). The van der Waals surface area contributed by atoms with Crippen LogP contribution in [-0.2, 0) is 13.0 Å². The quantitative estimate of drug-likeness (QED) is 0.424. The molecule has 0 amide bonds. The van der Waals surface area contributed by atoms with E-state index in [0.29, 0.717) is 13.3 Å². The highest BCUT2D eigenvalue weighted by Gasteiger charge is 2.17. The van der Waals surface area contributed by atoms with Crippen molar-refractivity contribution in [1.29, 1.82) is 0 Å². The molecule has 24 heavy (non-hydrogen) atoms. The highest BCUT2D eigenvalue weighted by atomic mass is 127. The standard InChI is InChI=1S/C17H21N3O2S.HI/c1-18-17(20(2)9-8-14-6-4-10-23-14)19-11-13-5-3-7-15-16(13)22-12-21-15;/h3-7,10H,8-9,11-12H2,1-2H3,(H,18,19);1H. The number of rotatable bonds is 5. The van der Waals surface area contributed by atoms with E-state index in [4.69, 9.17) is 9.47 Å². The van der Waals surface area contributed by atoms with Gasteiger partial charge in [0.2, 0.25) is 6.79 Å². The van der Waals surface area contributed by atoms with E-state index in [-0.39, 0.29) is 24.0 Å². The largest absolute Gasteiger partial charge is 0.454 e. The van der Waals surface area contributed by atoms with E-state index in [1.165, 1.54) is 4.88 Å². The molecule has 1 N–H and O–H groups in total. The topological polar surface area (TPSA) is 46.1 Å². The van der Waals surface area contributed by atoms with E-state index in [1.54, 1.807) is 18.4 Å². The van der Waals surface area contributed by atoms with Crippen LogP contribution < -0.4 is 14.8 Å². The Bertz CT molecular complexity index is 676. The molecule has 0 unspecified atom stereocenters. The van der Waals surface area contributed by atoms with Gasteiger partial charge in [-0.05, 0) is 23.9 Å². The van der Waals surface area contributed by atoms with Crippen LogP contribution in [0.4, 0.5) is 0 Å². The Kier molecular flexibility index (Phi) is 7.16. The molecule has 0 bridgehead atoms. The predicted molar refractivity (Wildman–Crippen MR) is 109 cm³/mol. The minimum absolute atomic E-state index is 0. The summed E-state index contributed by atoms with van der Waals surface area (Å²) in [6.07, 6.45) is 1.02. The molecule has 5 nitrogen and oxygen atoms in total. The van der Waals surface area contributed by atoms with Gasteiger partial charge in [0.25, 0.3) is 0 Å². The SMILES string of the molecule is CN=C(NCc1cccc2c1OCO2)N(C)CCc1cccs1.I. The first-order chi connectivity index (χ1) is 11.3. The average Bonchev–Trinajstić information content (AvgIpc) is 3.25. The van der Waals surface area contributed by atoms with Gasteiger partial charge < -0.3 is 19.7 Å². The van der Waals surface area contributed by atoms with Gasteiger partial charge in [0.05, 0.1) is 0 Å². The zero-order valence-electron chi connectivity index (χ0n) is 13.8. The van der Waals surface area contributed by atoms with Crippen LogP contribution in [-0.4, -0.2) is 38.3 Å². The number of para-hydroxylation sites is 1. The molecule has 0 saturated carbocycles. The summed E-state index contributed by atoms with van der Waals surface area (Å²) in [5.41, 5.74) is 1.08. The van der Waals surface area contributed by atoms with Crippen LogP contribution in [0.3, 0.4) is 0 Å². The first-order valence-corrected chi connectivity index (χ1v) is 8.47. The zero-order chi connectivity index (χ0) is 16.1. The molecule has 0 radical (unpaired) electrons. The summed E-state index contributed by atoms with van der Waals surface area (Å²) in [6, 6.07) is 10.2. The van der Waals surface area contributed by atoms with Crippen molar-refractivity contribution in [2.45, 2.75) is 13.0 Å². The summed E-state index contributed by atoms with van der Waals surface area (Å²) >= 11 is 1.79. The Morgan fingerprint density at radius 3 is 2.92 bits per heavy atom. The second-order valence-corrected chi connectivity index (χ2v) is 6.33. The van der Waals surface area contributed by atoms with Gasteiger partial charge in [-0.25, -0.2) is 0 Å². The number of nitrogens with zero attached hydrogens (tertiary/aromatic N) is 2. The summed E-state index contributed by atoms with van der Waals surface area (Å²) in [7, 11) is 3.86. The number of fused-ring (bicyclic) bond motifs is 1. The third-order valence-corrected chi connectivity index (χ3v) is 4.70. The van der Waals surface area contributed by atoms with Crippen molar-refractivity contribution >= 4 is 41.3 Å². The molecule has 1 aliphatic rings. The lowest BCUT2D eigenvalue weighted by Gasteiger charge is -2.22. The molecule has 0 atom stereocenters. The van der Waals surface area contributed by atoms with Crippen molar-refractivity contribution in [3.05, 3.63) is 46.2 Å². The van der Waals surface area contributed by atoms with Crippen molar-refractivity contribution in [2.75, 3.05) is 27.4 Å². The number of nitrogens with one attached hydrogen (secondary N) is 1. The summed E-state index contributed by atoms with van der Waals surface area (Å²) in [5.74, 6) is 2.51. The fourth-order valence-corrected chi connectivity index (χ4v) is 3.23. The number of guanidine groups is 1. The monoisotopic (exact) mass is 459 g/mol. The lowest BCUT2D eigenvalue weighted by atomic mass is 10.2. The molecule has 0 spiro atoms. The third kappa shape index (κ3) is 4.54. The predicted octanol–water partition coefficient (Wildman–Crippen LogP) is 3.34. The maximum Gasteiger partial charge on any atom is 0.231 e. The van der Waals surface area contributed by atoms with Crippen molar-refractivity contribution < 1.29 is 9.47 Å². The Morgan fingerprint density at radius 2 is 2.17 bits per heavy atom. The summed E-state index contributed by atoms with van der Waals surface area (Å²) in [4.78, 5) is 7.89. The maximum atomic E-state index is 5.54. The number of aliphatic imine (C=N–C) groups is 1. The van der Waals surface area contributed by atoms with Crippen LogP contribution in [0, 0.1) is 0 Å². The van der Waals surface area contributed by atoms with Gasteiger partial charge in [-0.1, -0.05) is 18.2 Å². The molecular weight excluding hydrogens is 437 g/mol. The van der Waals surface area contributed by atoms with Gasteiger partial charge in [0, 0.05) is 37.6 Å². The number of halogens is 1. The first-order valence-electron chi connectivity index (χ1n) is 7.59. The fraction of sp³-hybridized carbons (Fsp3) is 0.353. The van der Waals surface area contributed by atoms with Crippen LogP contribution in [0.1, 0.15) is 10.4 Å². The van der Waals surface area contributed by atoms with E-state index < -0.39 is 0 Å². The lowest BCUT2D eigenvalue weighted by molar-refractivity contribution is 0.173. The Balaban J connectivity index is 0.00000208. The van der Waals surface area contributed by atoms with E-state index in [1.807, 2.05) is 18.2 Å². The second kappa shape index (κ2) is 9.12. The van der Waals surface area contributed by atoms with Crippen LogP contribution in [0.15, 0.2) is 40.7 Å². The molecule has 1 aliphatic heterocycles. The molecule has 7 heteroatoms. The number of likely N-dealkylation sites (N-methyl/N-ethyl adjacent to an activating group) is 1. The van der Waals surface area contributed by atoms with E-state index in [9.17, 15) is 0 Å². The van der Waals surface area contributed by atoms with Gasteiger partial charge in [0.15, 0.2) is 17.5 Å². The van der Waals surface area contributed by atoms with Gasteiger partial charge in [-0.3, -0.25) is 4.99 Å². The minimum Gasteiger partial charge on any atom is -0.454 e. The Labute approximate surface area is 163 Å². The minimum atomic E-state index is 0. The van der Waals surface area contributed by atoms with Crippen molar-refractivity contribution in [2.24, 2.45) is 4.99 Å². The molecule has 0 fully saturated rings. The van der Waals surface area contributed by atoms with Gasteiger partial charge >= 0.3 is 0 Å². The molecular formula is C17H22IN3O2S. The molecule has 2 heterocycles. The van der Waals surface area contributed by atoms with Gasteiger partial charge in [0.1, 0.15) is 0 Å². The van der Waals surface area contributed by atoms with Crippen LogP contribution in [0.25, 0.3) is 0 Å². The van der Waals surface area contributed by atoms with Crippen molar-refractivity contribution in [3.8, 4) is 11.5 Å². The normalized spacial score (nSPS) is 12.7. The smallest absolute Gasteiger partial charge is 0.231 e. The van der Waals surface area contributed by atoms with E-state index in [2.05, 4.69) is 39.8 Å². The molecule has 130 valence electrons. The van der Waals surface area contributed by atoms with Crippen LogP contribution >= 0.6 is 35.3 Å². The van der Waals surface area contributed by atoms with Crippen molar-refractivity contribution in [3.63, 3.8) is 0 Å². The highest BCUT2D eigenvalue weighted by Crippen LogP contribution is 2.35. The number of hydrogen-bond acceptors (Lipinski definition) is 4. The number of hydrogen-bond donors (Lipinski definition) is 1. The van der Waals surface area contributed by atoms with Crippen LogP contribution in [0.2, 0.25) is 0 Å². The average molecular weight is 459 g/mol. The second-order valence-electron chi connectivity index (χ2n) is 5.30. The maximum absolute atomic E-state index is 5.54. The van der Waals surface area contributed by atoms with Crippen molar-refractivity contribution in [1.82, 2.24) is 10.2 Å². The Morgan fingerprint density at radius 1 is 1.29 bits per heavy atom. The highest BCUT2D eigenvalue weighted by molar-refractivity contribution is 14.0. The number of ether oxygens (including phenoxy) is 2. The fourth-order valence-electron chi connectivity index (χ4n) is 2.53. The first kappa shape index (κ1) is 18.9. The summed E-state index contributed by atoms with van der Waals surface area (Å²) in [6.45, 7) is 1.87. The lowest BCUT2D eigenvalue weighted by Crippen LogP contribution is -2.39. The van der Waals surface area contributed by atoms with Crippen LogP contribution in [0.5, 0.6) is 11.5 Å². The summed E-state index contributed by atoms with van der Waals surface area (Å²) < 4.78 is 10.9. The van der Waals surface area contributed by atoms with Gasteiger partial charge in [-0.15, -0.1) is 35.3 Å². The molecule has 1 aromatic heterocycles. The number of thiophene rings is 1. The molecule has 1 aromatic carbocycles. The molecule has 0 saturated heterocycles. The van der Waals surface area contributed by atoms with E-state index >= 15 is 0 Å². The Hall–Kier alpha value is -1.48. The number of benzene rings is 1. The molecule has 2 aromatic rings. The van der Waals surface area contributed by atoms with E-state index in [0.717, 1.165) is 36.0 Å². The zero-order valence-corrected chi connectivity index (χ0v) is 17.0. The molecule has 0 aliphatic carbocycles. The van der Waals surface area contributed by atoms with Gasteiger partial charge in [-0.2, -0.15) is 0 Å².